The van der Waals surface area contributed by atoms with Gasteiger partial charge >= 0.3 is 0 Å². The Labute approximate surface area is 126 Å². The van der Waals surface area contributed by atoms with Crippen molar-refractivity contribution < 1.29 is 4.74 Å². The number of nitrogens with zero attached hydrogens (tertiary/aromatic N) is 1. The van der Waals surface area contributed by atoms with Gasteiger partial charge in [0.1, 0.15) is 5.75 Å². The summed E-state index contributed by atoms with van der Waals surface area (Å²) in [6.45, 7) is 2.20. The number of ether oxygens (including phenoxy) is 1. The van der Waals surface area contributed by atoms with Crippen LogP contribution in [0.15, 0.2) is 48.5 Å². The van der Waals surface area contributed by atoms with Crippen LogP contribution in [0.3, 0.4) is 0 Å². The minimum atomic E-state index is -0.104. The van der Waals surface area contributed by atoms with Gasteiger partial charge in [0.2, 0.25) is 0 Å². The highest BCUT2D eigenvalue weighted by Crippen LogP contribution is 2.34. The zero-order valence-electron chi connectivity index (χ0n) is 12.5. The van der Waals surface area contributed by atoms with E-state index >= 15 is 0 Å². The van der Waals surface area contributed by atoms with Gasteiger partial charge in [0.15, 0.2) is 0 Å². The first-order valence-electron chi connectivity index (χ1n) is 7.53. The predicted molar refractivity (Wildman–Crippen MR) is 86.9 cm³/mol. The Morgan fingerprint density at radius 3 is 2.43 bits per heavy atom. The Morgan fingerprint density at radius 2 is 1.76 bits per heavy atom. The van der Waals surface area contributed by atoms with Gasteiger partial charge in [0.05, 0.1) is 13.2 Å². The molecular weight excluding hydrogens is 260 g/mol. The number of hydrogen-bond donors (Lipinski definition) is 1. The number of methoxy groups -OCH3 is 1. The fourth-order valence-electron chi connectivity index (χ4n) is 2.99. The maximum absolute atomic E-state index is 6.51. The first-order chi connectivity index (χ1) is 10.3. The molecule has 0 aliphatic carbocycles. The van der Waals surface area contributed by atoms with Crippen LogP contribution in [0.1, 0.15) is 30.0 Å². The summed E-state index contributed by atoms with van der Waals surface area (Å²) >= 11 is 0. The summed E-state index contributed by atoms with van der Waals surface area (Å²) in [5.74, 6) is 0.890. The molecular formula is C18H22N2O. The van der Waals surface area contributed by atoms with Crippen LogP contribution in [-0.4, -0.2) is 20.2 Å². The number of nitrogens with two attached hydrogens (primary N) is 1. The molecule has 110 valence electrons. The number of benzene rings is 2. The molecule has 0 spiro atoms. The van der Waals surface area contributed by atoms with Crippen molar-refractivity contribution in [2.24, 2.45) is 5.73 Å². The molecule has 0 bridgehead atoms. The van der Waals surface area contributed by atoms with Crippen molar-refractivity contribution in [2.45, 2.75) is 18.9 Å². The largest absolute Gasteiger partial charge is 0.497 e. The minimum Gasteiger partial charge on any atom is -0.497 e. The van der Waals surface area contributed by atoms with Crippen molar-refractivity contribution >= 4 is 5.69 Å². The summed E-state index contributed by atoms with van der Waals surface area (Å²) in [4.78, 5) is 2.42. The summed E-state index contributed by atoms with van der Waals surface area (Å²) in [6.07, 6.45) is 2.49. The van der Waals surface area contributed by atoms with Gasteiger partial charge in [-0.1, -0.05) is 36.4 Å². The van der Waals surface area contributed by atoms with E-state index in [2.05, 4.69) is 29.2 Å². The van der Waals surface area contributed by atoms with Crippen LogP contribution in [0.2, 0.25) is 0 Å². The summed E-state index contributed by atoms with van der Waals surface area (Å²) in [5, 5.41) is 0. The summed E-state index contributed by atoms with van der Waals surface area (Å²) in [6, 6.07) is 16.4. The predicted octanol–water partition coefficient (Wildman–Crippen LogP) is 3.34. The first kappa shape index (κ1) is 14.0. The number of hydrogen-bond acceptors (Lipinski definition) is 3. The van der Waals surface area contributed by atoms with Gasteiger partial charge in [-0.25, -0.2) is 0 Å². The first-order valence-corrected chi connectivity index (χ1v) is 7.53. The fraction of sp³-hybridized carbons (Fsp3) is 0.333. The van der Waals surface area contributed by atoms with Crippen molar-refractivity contribution in [2.75, 3.05) is 25.1 Å². The van der Waals surface area contributed by atoms with Crippen molar-refractivity contribution in [1.29, 1.82) is 0 Å². The molecule has 1 unspecified atom stereocenters. The van der Waals surface area contributed by atoms with Crippen LogP contribution in [0.25, 0.3) is 0 Å². The van der Waals surface area contributed by atoms with Crippen molar-refractivity contribution in [3.63, 3.8) is 0 Å². The zero-order valence-corrected chi connectivity index (χ0v) is 12.5. The van der Waals surface area contributed by atoms with E-state index in [9.17, 15) is 0 Å². The molecule has 0 aromatic heterocycles. The third-order valence-corrected chi connectivity index (χ3v) is 4.18. The van der Waals surface area contributed by atoms with Crippen LogP contribution < -0.4 is 15.4 Å². The van der Waals surface area contributed by atoms with Crippen LogP contribution >= 0.6 is 0 Å². The summed E-state index contributed by atoms with van der Waals surface area (Å²) in [5.41, 5.74) is 10.0. The van der Waals surface area contributed by atoms with Crippen molar-refractivity contribution in [3.05, 3.63) is 59.7 Å². The average Bonchev–Trinajstić information content (AvgIpc) is 3.09. The van der Waals surface area contributed by atoms with Crippen LogP contribution in [0, 0.1) is 0 Å². The van der Waals surface area contributed by atoms with E-state index in [0.717, 1.165) is 24.4 Å². The molecule has 1 aliphatic rings. The van der Waals surface area contributed by atoms with Crippen LogP contribution in [0.5, 0.6) is 5.75 Å². The lowest BCUT2D eigenvalue weighted by Crippen LogP contribution is -2.22. The highest BCUT2D eigenvalue weighted by molar-refractivity contribution is 5.60. The molecule has 21 heavy (non-hydrogen) atoms. The van der Waals surface area contributed by atoms with E-state index in [1.54, 1.807) is 7.11 Å². The molecule has 1 saturated heterocycles. The van der Waals surface area contributed by atoms with E-state index in [1.165, 1.54) is 24.1 Å². The van der Waals surface area contributed by atoms with E-state index in [1.807, 2.05) is 24.3 Å². The summed E-state index contributed by atoms with van der Waals surface area (Å²) in [7, 11) is 1.71. The zero-order chi connectivity index (χ0) is 14.7. The third-order valence-electron chi connectivity index (χ3n) is 4.18. The van der Waals surface area contributed by atoms with Gasteiger partial charge < -0.3 is 15.4 Å². The van der Waals surface area contributed by atoms with Crippen LogP contribution in [0.4, 0.5) is 5.69 Å². The van der Waals surface area contributed by atoms with E-state index in [-0.39, 0.29) is 6.04 Å². The Balaban J connectivity index is 2.00. The Morgan fingerprint density at radius 1 is 1.05 bits per heavy atom. The standard InChI is InChI=1S/C18H22N2O/c1-21-15-9-10-16(17(13-15)20-11-5-6-12-20)18(19)14-7-3-2-4-8-14/h2-4,7-10,13,18H,5-6,11-12,19H2,1H3. The smallest absolute Gasteiger partial charge is 0.120 e. The molecule has 0 saturated carbocycles. The third kappa shape index (κ3) is 2.88. The molecule has 3 rings (SSSR count). The Kier molecular flexibility index (Phi) is 4.11. The number of anilines is 1. The molecule has 2 aromatic carbocycles. The van der Waals surface area contributed by atoms with Crippen LogP contribution in [-0.2, 0) is 0 Å². The fourth-order valence-corrected chi connectivity index (χ4v) is 2.99. The second kappa shape index (κ2) is 6.19. The van der Waals surface area contributed by atoms with Gasteiger partial charge in [-0.2, -0.15) is 0 Å². The monoisotopic (exact) mass is 282 g/mol. The normalized spacial score (nSPS) is 16.0. The van der Waals surface area contributed by atoms with E-state index < -0.39 is 0 Å². The molecule has 2 aromatic rings. The molecule has 0 amide bonds. The Bertz CT molecular complexity index is 591. The Hall–Kier alpha value is -2.00. The minimum absolute atomic E-state index is 0.104. The van der Waals surface area contributed by atoms with Gasteiger partial charge in [0, 0.05) is 24.8 Å². The maximum atomic E-state index is 6.51. The maximum Gasteiger partial charge on any atom is 0.120 e. The molecule has 3 nitrogen and oxygen atoms in total. The van der Waals surface area contributed by atoms with Gasteiger partial charge in [0.25, 0.3) is 0 Å². The molecule has 0 radical (unpaired) electrons. The molecule has 3 heteroatoms. The molecule has 2 N–H and O–H groups in total. The molecule has 1 heterocycles. The average molecular weight is 282 g/mol. The van der Waals surface area contributed by atoms with Gasteiger partial charge in [-0.05, 0) is 30.0 Å². The highest BCUT2D eigenvalue weighted by Gasteiger charge is 2.20. The second-order valence-corrected chi connectivity index (χ2v) is 5.51. The quantitative estimate of drug-likeness (QED) is 0.934. The van der Waals surface area contributed by atoms with E-state index in [4.69, 9.17) is 10.5 Å². The second-order valence-electron chi connectivity index (χ2n) is 5.51. The van der Waals surface area contributed by atoms with Gasteiger partial charge in [-0.3, -0.25) is 0 Å². The lowest BCUT2D eigenvalue weighted by molar-refractivity contribution is 0.414. The number of rotatable bonds is 4. The van der Waals surface area contributed by atoms with Crippen molar-refractivity contribution in [3.8, 4) is 5.75 Å². The SMILES string of the molecule is COc1ccc(C(N)c2ccccc2)c(N2CCCC2)c1. The molecule has 1 atom stereocenters. The molecule has 1 fully saturated rings. The lowest BCUT2D eigenvalue weighted by Gasteiger charge is -2.25. The van der Waals surface area contributed by atoms with Crippen molar-refractivity contribution in [1.82, 2.24) is 0 Å². The molecule has 1 aliphatic heterocycles. The van der Waals surface area contributed by atoms with Gasteiger partial charge in [-0.15, -0.1) is 0 Å². The lowest BCUT2D eigenvalue weighted by atomic mass is 9.97. The van der Waals surface area contributed by atoms with E-state index in [0.29, 0.717) is 0 Å². The summed E-state index contributed by atoms with van der Waals surface area (Å²) < 4.78 is 5.39. The highest BCUT2D eigenvalue weighted by atomic mass is 16.5. The topological polar surface area (TPSA) is 38.5 Å².